The Balaban J connectivity index is 2.03. The van der Waals surface area contributed by atoms with Crippen LogP contribution in [0.15, 0.2) is 0 Å². The number of thioether (sulfide) groups is 1. The SMILES string of the molecule is CSCCC(=O)NC1CC(O)C1. The van der Waals surface area contributed by atoms with Gasteiger partial charge in [0, 0.05) is 18.2 Å². The van der Waals surface area contributed by atoms with E-state index in [1.807, 2.05) is 6.26 Å². The number of nitrogens with one attached hydrogen (secondary N) is 1. The number of carbonyl (C=O) groups excluding carboxylic acids is 1. The van der Waals surface area contributed by atoms with Crippen molar-refractivity contribution in [2.24, 2.45) is 0 Å². The Morgan fingerprint density at radius 2 is 2.33 bits per heavy atom. The van der Waals surface area contributed by atoms with Crippen molar-refractivity contribution in [1.82, 2.24) is 5.32 Å². The second-order valence-corrected chi connectivity index (χ2v) is 4.12. The minimum atomic E-state index is -0.184. The van der Waals surface area contributed by atoms with Crippen LogP contribution in [0.5, 0.6) is 0 Å². The van der Waals surface area contributed by atoms with Crippen molar-refractivity contribution < 1.29 is 9.90 Å². The molecule has 0 spiro atoms. The predicted molar refractivity (Wildman–Crippen MR) is 50.2 cm³/mol. The van der Waals surface area contributed by atoms with E-state index in [1.54, 1.807) is 11.8 Å². The second-order valence-electron chi connectivity index (χ2n) is 3.13. The summed E-state index contributed by atoms with van der Waals surface area (Å²) in [6.45, 7) is 0. The molecule has 1 aliphatic carbocycles. The monoisotopic (exact) mass is 189 g/mol. The average Bonchev–Trinajstić information content (AvgIpc) is 1.98. The topological polar surface area (TPSA) is 49.3 Å². The third kappa shape index (κ3) is 3.03. The van der Waals surface area contributed by atoms with Gasteiger partial charge in [0.25, 0.3) is 0 Å². The molecule has 0 unspecified atom stereocenters. The molecule has 0 saturated heterocycles. The summed E-state index contributed by atoms with van der Waals surface area (Å²) in [5.41, 5.74) is 0. The summed E-state index contributed by atoms with van der Waals surface area (Å²) in [5, 5.41) is 11.8. The zero-order chi connectivity index (χ0) is 8.97. The first kappa shape index (κ1) is 9.86. The first-order valence-electron chi connectivity index (χ1n) is 4.18. The molecule has 0 aliphatic heterocycles. The second kappa shape index (κ2) is 4.72. The van der Waals surface area contributed by atoms with Gasteiger partial charge in [-0.2, -0.15) is 11.8 Å². The maximum absolute atomic E-state index is 11.1. The van der Waals surface area contributed by atoms with Crippen LogP contribution in [0, 0.1) is 0 Å². The molecule has 1 aliphatic rings. The van der Waals surface area contributed by atoms with Gasteiger partial charge in [-0.05, 0) is 19.1 Å². The van der Waals surface area contributed by atoms with Gasteiger partial charge in [0.15, 0.2) is 0 Å². The summed E-state index contributed by atoms with van der Waals surface area (Å²) in [6, 6.07) is 0.231. The lowest BCUT2D eigenvalue weighted by atomic mass is 9.89. The van der Waals surface area contributed by atoms with Gasteiger partial charge in [0.1, 0.15) is 0 Å². The van der Waals surface area contributed by atoms with E-state index in [9.17, 15) is 4.79 Å². The van der Waals surface area contributed by atoms with Crippen molar-refractivity contribution in [3.63, 3.8) is 0 Å². The van der Waals surface area contributed by atoms with Crippen molar-refractivity contribution in [3.05, 3.63) is 0 Å². The zero-order valence-corrected chi connectivity index (χ0v) is 8.06. The highest BCUT2D eigenvalue weighted by Crippen LogP contribution is 2.19. The van der Waals surface area contributed by atoms with Gasteiger partial charge >= 0.3 is 0 Å². The molecule has 4 heteroatoms. The van der Waals surface area contributed by atoms with Gasteiger partial charge in [-0.15, -0.1) is 0 Å². The molecule has 0 aromatic rings. The Morgan fingerprint density at radius 1 is 1.67 bits per heavy atom. The van der Waals surface area contributed by atoms with E-state index >= 15 is 0 Å². The molecule has 0 bridgehead atoms. The van der Waals surface area contributed by atoms with E-state index in [1.165, 1.54) is 0 Å². The Bertz CT molecular complexity index is 157. The number of hydrogen-bond acceptors (Lipinski definition) is 3. The van der Waals surface area contributed by atoms with Crippen LogP contribution in [0.2, 0.25) is 0 Å². The Hall–Kier alpha value is -0.220. The van der Waals surface area contributed by atoms with Crippen molar-refractivity contribution in [1.29, 1.82) is 0 Å². The number of hydrogen-bond donors (Lipinski definition) is 2. The van der Waals surface area contributed by atoms with Crippen LogP contribution in [0.4, 0.5) is 0 Å². The standard InChI is InChI=1S/C8H15NO2S/c1-12-3-2-8(11)9-6-4-7(10)5-6/h6-7,10H,2-5H2,1H3,(H,9,11). The van der Waals surface area contributed by atoms with Gasteiger partial charge in [0.2, 0.25) is 5.91 Å². The van der Waals surface area contributed by atoms with Gasteiger partial charge in [0.05, 0.1) is 6.10 Å². The van der Waals surface area contributed by atoms with Gasteiger partial charge in [-0.3, -0.25) is 4.79 Å². The predicted octanol–water partition coefficient (Wildman–Crippen LogP) is 0.379. The van der Waals surface area contributed by atoms with E-state index in [-0.39, 0.29) is 18.1 Å². The highest BCUT2D eigenvalue weighted by Gasteiger charge is 2.27. The molecular formula is C8H15NO2S. The molecule has 2 N–H and O–H groups in total. The van der Waals surface area contributed by atoms with Crippen LogP contribution < -0.4 is 5.32 Å². The first-order chi connectivity index (χ1) is 5.72. The summed E-state index contributed by atoms with van der Waals surface area (Å²) >= 11 is 1.67. The van der Waals surface area contributed by atoms with Crippen molar-refractivity contribution >= 4 is 17.7 Å². The zero-order valence-electron chi connectivity index (χ0n) is 7.25. The summed E-state index contributed by atoms with van der Waals surface area (Å²) < 4.78 is 0. The van der Waals surface area contributed by atoms with Crippen molar-refractivity contribution in [2.75, 3.05) is 12.0 Å². The van der Waals surface area contributed by atoms with Crippen molar-refractivity contribution in [2.45, 2.75) is 31.4 Å². The van der Waals surface area contributed by atoms with Gasteiger partial charge < -0.3 is 10.4 Å². The lowest BCUT2D eigenvalue weighted by molar-refractivity contribution is -0.122. The highest BCUT2D eigenvalue weighted by atomic mass is 32.2. The molecule has 0 heterocycles. The van der Waals surface area contributed by atoms with Crippen LogP contribution in [-0.4, -0.2) is 35.2 Å². The first-order valence-corrected chi connectivity index (χ1v) is 5.58. The lowest BCUT2D eigenvalue weighted by Gasteiger charge is -2.31. The van der Waals surface area contributed by atoms with E-state index in [0.717, 1.165) is 18.6 Å². The number of carbonyl (C=O) groups is 1. The molecule has 0 radical (unpaired) electrons. The van der Waals surface area contributed by atoms with Crippen LogP contribution in [0.25, 0.3) is 0 Å². The fourth-order valence-electron chi connectivity index (χ4n) is 1.20. The smallest absolute Gasteiger partial charge is 0.221 e. The molecule has 70 valence electrons. The van der Waals surface area contributed by atoms with Crippen LogP contribution in [-0.2, 0) is 4.79 Å². The Kier molecular flexibility index (Phi) is 3.88. The van der Waals surface area contributed by atoms with E-state index in [0.29, 0.717) is 6.42 Å². The quantitative estimate of drug-likeness (QED) is 0.672. The molecule has 12 heavy (non-hydrogen) atoms. The molecule has 3 nitrogen and oxygen atoms in total. The van der Waals surface area contributed by atoms with Crippen molar-refractivity contribution in [3.8, 4) is 0 Å². The maximum atomic E-state index is 11.1. The largest absolute Gasteiger partial charge is 0.393 e. The highest BCUT2D eigenvalue weighted by molar-refractivity contribution is 7.98. The number of amides is 1. The fourth-order valence-corrected chi connectivity index (χ4v) is 1.59. The minimum Gasteiger partial charge on any atom is -0.393 e. The van der Waals surface area contributed by atoms with E-state index in [4.69, 9.17) is 5.11 Å². The molecule has 0 aromatic carbocycles. The van der Waals surface area contributed by atoms with Crippen LogP contribution in [0.3, 0.4) is 0 Å². The van der Waals surface area contributed by atoms with Crippen LogP contribution in [0.1, 0.15) is 19.3 Å². The molecule has 1 amide bonds. The number of aliphatic hydroxyl groups is 1. The Morgan fingerprint density at radius 3 is 2.83 bits per heavy atom. The molecular weight excluding hydrogens is 174 g/mol. The van der Waals surface area contributed by atoms with E-state index in [2.05, 4.69) is 5.32 Å². The fraction of sp³-hybridized carbons (Fsp3) is 0.875. The van der Waals surface area contributed by atoms with Gasteiger partial charge in [-0.1, -0.05) is 0 Å². The number of aliphatic hydroxyl groups excluding tert-OH is 1. The lowest BCUT2D eigenvalue weighted by Crippen LogP contribution is -2.46. The summed E-state index contributed by atoms with van der Waals surface area (Å²) in [7, 11) is 0. The summed E-state index contributed by atoms with van der Waals surface area (Å²) in [4.78, 5) is 11.1. The molecule has 0 aromatic heterocycles. The minimum absolute atomic E-state index is 0.112. The molecule has 1 fully saturated rings. The third-order valence-corrected chi connectivity index (χ3v) is 2.62. The normalized spacial score (nSPS) is 27.8. The van der Waals surface area contributed by atoms with E-state index < -0.39 is 0 Å². The average molecular weight is 189 g/mol. The third-order valence-electron chi connectivity index (χ3n) is 2.01. The summed E-state index contributed by atoms with van der Waals surface area (Å²) in [5.74, 6) is 0.988. The maximum Gasteiger partial charge on any atom is 0.221 e. The molecule has 1 saturated carbocycles. The number of rotatable bonds is 4. The Labute approximate surface area is 76.9 Å². The molecule has 1 rings (SSSR count). The molecule has 0 atom stereocenters. The van der Waals surface area contributed by atoms with Crippen LogP contribution >= 0.6 is 11.8 Å². The van der Waals surface area contributed by atoms with Gasteiger partial charge in [-0.25, -0.2) is 0 Å². The summed E-state index contributed by atoms with van der Waals surface area (Å²) in [6.07, 6.45) is 3.85.